The third kappa shape index (κ3) is 9.49. The standard InChI is InChI=1S/C18H28F3N5OS.HI/c1-26(2)16(27)11-24-17(23-10-13-6-4-3-5-7-13)22-9-8-15-25-14(12-28-15)18(19,20)21;/h12-13H,3-11H2,1-2H3,(H2,22,23,24);1H. The van der Waals surface area contributed by atoms with E-state index in [1.807, 2.05) is 0 Å². The number of carbonyl (C=O) groups is 1. The Bertz CT molecular complexity index is 660. The maximum atomic E-state index is 12.6. The molecule has 0 unspecified atom stereocenters. The van der Waals surface area contributed by atoms with Crippen molar-refractivity contribution in [3.8, 4) is 0 Å². The van der Waals surface area contributed by atoms with Crippen molar-refractivity contribution in [1.29, 1.82) is 0 Å². The minimum atomic E-state index is -4.41. The second-order valence-electron chi connectivity index (χ2n) is 7.14. The van der Waals surface area contributed by atoms with Crippen molar-refractivity contribution in [3.63, 3.8) is 0 Å². The maximum absolute atomic E-state index is 12.6. The van der Waals surface area contributed by atoms with E-state index in [-0.39, 0.29) is 36.4 Å². The number of likely N-dealkylation sites (N-methyl/N-ethyl adjacent to an activating group) is 1. The Labute approximate surface area is 190 Å². The van der Waals surface area contributed by atoms with Gasteiger partial charge >= 0.3 is 6.18 Å². The summed E-state index contributed by atoms with van der Waals surface area (Å²) >= 11 is 0.994. The summed E-state index contributed by atoms with van der Waals surface area (Å²) in [6.07, 6.45) is 2.04. The van der Waals surface area contributed by atoms with Crippen LogP contribution in [-0.4, -0.2) is 55.5 Å². The van der Waals surface area contributed by atoms with Crippen LogP contribution < -0.4 is 10.6 Å². The molecule has 29 heavy (non-hydrogen) atoms. The van der Waals surface area contributed by atoms with E-state index in [2.05, 4.69) is 20.6 Å². The number of hydrogen-bond acceptors (Lipinski definition) is 4. The molecule has 1 amide bonds. The molecule has 1 fully saturated rings. The SMILES string of the molecule is CN(C)C(=O)CN=C(NCCc1nc(C(F)(F)F)cs1)NCC1CCCCC1.I. The molecule has 1 heterocycles. The summed E-state index contributed by atoms with van der Waals surface area (Å²) in [5, 5.41) is 7.82. The highest BCUT2D eigenvalue weighted by molar-refractivity contribution is 14.0. The summed E-state index contributed by atoms with van der Waals surface area (Å²) in [5.74, 6) is 0.973. The Morgan fingerprint density at radius 3 is 2.55 bits per heavy atom. The lowest BCUT2D eigenvalue weighted by atomic mass is 9.89. The minimum absolute atomic E-state index is 0. The number of rotatable bonds is 7. The van der Waals surface area contributed by atoms with Crippen LogP contribution >= 0.6 is 35.3 Å². The third-order valence-electron chi connectivity index (χ3n) is 4.63. The lowest BCUT2D eigenvalue weighted by Crippen LogP contribution is -2.41. The van der Waals surface area contributed by atoms with Crippen molar-refractivity contribution in [2.75, 3.05) is 33.7 Å². The molecule has 0 bridgehead atoms. The van der Waals surface area contributed by atoms with Crippen molar-refractivity contribution in [3.05, 3.63) is 16.1 Å². The molecule has 6 nitrogen and oxygen atoms in total. The molecule has 2 N–H and O–H groups in total. The Morgan fingerprint density at radius 2 is 1.97 bits per heavy atom. The van der Waals surface area contributed by atoms with Crippen LogP contribution in [0.3, 0.4) is 0 Å². The molecule has 0 spiro atoms. The zero-order valence-electron chi connectivity index (χ0n) is 16.7. The second kappa shape index (κ2) is 12.6. The van der Waals surface area contributed by atoms with E-state index in [9.17, 15) is 18.0 Å². The number of aliphatic imine (C=N–C) groups is 1. The molecule has 1 saturated carbocycles. The first-order chi connectivity index (χ1) is 13.3. The van der Waals surface area contributed by atoms with Crippen molar-refractivity contribution in [1.82, 2.24) is 20.5 Å². The van der Waals surface area contributed by atoms with Crippen LogP contribution in [0, 0.1) is 5.92 Å². The predicted octanol–water partition coefficient (Wildman–Crippen LogP) is 3.53. The molecule has 1 aliphatic rings. The Kier molecular flexibility index (Phi) is 11.2. The predicted molar refractivity (Wildman–Crippen MR) is 120 cm³/mol. The second-order valence-corrected chi connectivity index (χ2v) is 8.08. The summed E-state index contributed by atoms with van der Waals surface area (Å²) in [6, 6.07) is 0. The molecular formula is C18H29F3IN5OS. The van der Waals surface area contributed by atoms with Crippen LogP contribution in [0.1, 0.15) is 42.8 Å². The van der Waals surface area contributed by atoms with E-state index in [1.54, 1.807) is 14.1 Å². The first kappa shape index (κ1) is 25.9. The number of alkyl halides is 3. The molecule has 0 aliphatic heterocycles. The average molecular weight is 547 g/mol. The van der Waals surface area contributed by atoms with Gasteiger partial charge in [-0.05, 0) is 18.8 Å². The van der Waals surface area contributed by atoms with Gasteiger partial charge in [0, 0.05) is 39.0 Å². The number of nitrogens with zero attached hydrogens (tertiary/aromatic N) is 3. The van der Waals surface area contributed by atoms with Gasteiger partial charge in [0.25, 0.3) is 0 Å². The number of aromatic nitrogens is 1. The fraction of sp³-hybridized carbons (Fsp3) is 0.722. The van der Waals surface area contributed by atoms with Gasteiger partial charge in [-0.15, -0.1) is 35.3 Å². The molecule has 1 aliphatic carbocycles. The van der Waals surface area contributed by atoms with Crippen molar-refractivity contribution < 1.29 is 18.0 Å². The van der Waals surface area contributed by atoms with Gasteiger partial charge in [-0.3, -0.25) is 4.79 Å². The Hall–Kier alpha value is -1.11. The summed E-state index contributed by atoms with van der Waals surface area (Å²) < 4.78 is 37.9. The third-order valence-corrected chi connectivity index (χ3v) is 5.54. The zero-order chi connectivity index (χ0) is 20.6. The van der Waals surface area contributed by atoms with Gasteiger partial charge in [-0.2, -0.15) is 13.2 Å². The molecule has 1 aromatic heterocycles. The van der Waals surface area contributed by atoms with Gasteiger partial charge in [-0.1, -0.05) is 19.3 Å². The van der Waals surface area contributed by atoms with Gasteiger partial charge in [0.2, 0.25) is 5.91 Å². The number of nitrogens with one attached hydrogen (secondary N) is 2. The number of carbonyl (C=O) groups excluding carboxylic acids is 1. The monoisotopic (exact) mass is 547 g/mol. The molecule has 0 saturated heterocycles. The quantitative estimate of drug-likeness (QED) is 0.312. The van der Waals surface area contributed by atoms with E-state index in [0.717, 1.165) is 23.3 Å². The lowest BCUT2D eigenvalue weighted by Gasteiger charge is -2.23. The van der Waals surface area contributed by atoms with Gasteiger partial charge in [0.1, 0.15) is 6.54 Å². The van der Waals surface area contributed by atoms with Crippen LogP contribution in [0.5, 0.6) is 0 Å². The Balaban J connectivity index is 0.00000420. The van der Waals surface area contributed by atoms with Crippen LogP contribution in [0.15, 0.2) is 10.4 Å². The molecule has 0 aromatic carbocycles. The summed E-state index contributed by atoms with van der Waals surface area (Å²) in [5.41, 5.74) is -0.853. The number of halogens is 4. The van der Waals surface area contributed by atoms with Gasteiger partial charge < -0.3 is 15.5 Å². The van der Waals surface area contributed by atoms with E-state index < -0.39 is 11.9 Å². The van der Waals surface area contributed by atoms with Crippen LogP contribution in [0.4, 0.5) is 13.2 Å². The topological polar surface area (TPSA) is 69.6 Å². The van der Waals surface area contributed by atoms with Crippen molar-refractivity contribution >= 4 is 47.2 Å². The highest BCUT2D eigenvalue weighted by Gasteiger charge is 2.33. The first-order valence-electron chi connectivity index (χ1n) is 9.49. The molecule has 2 rings (SSSR count). The smallest absolute Gasteiger partial charge is 0.356 e. The molecule has 0 atom stereocenters. The highest BCUT2D eigenvalue weighted by Crippen LogP contribution is 2.30. The van der Waals surface area contributed by atoms with Crippen molar-refractivity contribution in [2.24, 2.45) is 10.9 Å². The van der Waals surface area contributed by atoms with Gasteiger partial charge in [0.15, 0.2) is 11.7 Å². The average Bonchev–Trinajstić information content (AvgIpc) is 3.13. The number of amides is 1. The number of thiazole rings is 1. The molecule has 166 valence electrons. The van der Waals surface area contributed by atoms with E-state index in [1.165, 1.54) is 37.0 Å². The van der Waals surface area contributed by atoms with Crippen LogP contribution in [0.2, 0.25) is 0 Å². The zero-order valence-corrected chi connectivity index (χ0v) is 19.9. The van der Waals surface area contributed by atoms with Gasteiger partial charge in [-0.25, -0.2) is 9.98 Å². The molecule has 11 heteroatoms. The van der Waals surface area contributed by atoms with Crippen LogP contribution in [-0.2, 0) is 17.4 Å². The van der Waals surface area contributed by atoms with Gasteiger partial charge in [0.05, 0.1) is 5.01 Å². The maximum Gasteiger partial charge on any atom is 0.434 e. The number of hydrogen-bond donors (Lipinski definition) is 2. The normalized spacial score (nSPS) is 15.6. The summed E-state index contributed by atoms with van der Waals surface area (Å²) in [4.78, 5) is 21.2. The fourth-order valence-electron chi connectivity index (χ4n) is 2.94. The van der Waals surface area contributed by atoms with E-state index in [4.69, 9.17) is 0 Å². The van der Waals surface area contributed by atoms with Crippen LogP contribution in [0.25, 0.3) is 0 Å². The largest absolute Gasteiger partial charge is 0.434 e. The molecule has 0 radical (unpaired) electrons. The molecule has 1 aromatic rings. The highest BCUT2D eigenvalue weighted by atomic mass is 127. The number of guanidine groups is 1. The summed E-state index contributed by atoms with van der Waals surface area (Å²) in [7, 11) is 3.34. The summed E-state index contributed by atoms with van der Waals surface area (Å²) in [6.45, 7) is 1.18. The van der Waals surface area contributed by atoms with E-state index >= 15 is 0 Å². The molecular weight excluding hydrogens is 518 g/mol. The first-order valence-corrected chi connectivity index (χ1v) is 10.4. The van der Waals surface area contributed by atoms with Crippen molar-refractivity contribution in [2.45, 2.75) is 44.7 Å². The lowest BCUT2D eigenvalue weighted by molar-refractivity contribution is -0.140. The van der Waals surface area contributed by atoms with E-state index in [0.29, 0.717) is 29.9 Å². The Morgan fingerprint density at radius 1 is 1.28 bits per heavy atom. The fourth-order valence-corrected chi connectivity index (χ4v) is 3.74. The minimum Gasteiger partial charge on any atom is -0.356 e.